The minimum atomic E-state index is -3.61. The third kappa shape index (κ3) is 5.27. The Hall–Kier alpha value is -2.45. The van der Waals surface area contributed by atoms with E-state index in [4.69, 9.17) is 0 Å². The number of carbonyl (C=O) groups excluding carboxylic acids is 1. The first-order valence-electron chi connectivity index (χ1n) is 8.80. The second-order valence-corrected chi connectivity index (χ2v) is 8.57. The number of unbranched alkanes of at least 4 members (excludes halogenated alkanes) is 1. The van der Waals surface area contributed by atoms with E-state index in [1.165, 1.54) is 32.4 Å². The highest BCUT2D eigenvalue weighted by molar-refractivity contribution is 7.89. The first kappa shape index (κ1) is 20.9. The van der Waals surface area contributed by atoms with Gasteiger partial charge in [-0.2, -0.15) is 0 Å². The van der Waals surface area contributed by atoms with Crippen LogP contribution in [-0.4, -0.2) is 44.3 Å². The zero-order chi connectivity index (χ0) is 20.0. The van der Waals surface area contributed by atoms with Gasteiger partial charge in [-0.05, 0) is 43.7 Å². The van der Waals surface area contributed by atoms with Gasteiger partial charge in [0.1, 0.15) is 0 Å². The van der Waals surface area contributed by atoms with E-state index in [0.717, 1.165) is 29.4 Å². The summed E-state index contributed by atoms with van der Waals surface area (Å²) >= 11 is 0. The first-order chi connectivity index (χ1) is 12.8. The molecule has 2 rings (SSSR count). The maximum Gasteiger partial charge on any atom is 0.257 e. The molecule has 1 aromatic heterocycles. The Morgan fingerprint density at radius 1 is 1.15 bits per heavy atom. The molecule has 2 N–H and O–H groups in total. The number of benzene rings is 1. The van der Waals surface area contributed by atoms with E-state index in [1.54, 1.807) is 18.2 Å². The van der Waals surface area contributed by atoms with Crippen LogP contribution in [0.1, 0.15) is 35.8 Å². The van der Waals surface area contributed by atoms with Crippen molar-refractivity contribution in [1.82, 2.24) is 9.29 Å². The molecule has 0 saturated heterocycles. The van der Waals surface area contributed by atoms with Gasteiger partial charge in [0.05, 0.1) is 21.8 Å². The maximum atomic E-state index is 12.6. The Balaban J connectivity index is 2.36. The van der Waals surface area contributed by atoms with Gasteiger partial charge in [0.2, 0.25) is 10.0 Å². The van der Waals surface area contributed by atoms with Gasteiger partial charge >= 0.3 is 0 Å². The molecular formula is C19H26N4O3S. The number of aromatic nitrogens is 1. The van der Waals surface area contributed by atoms with Crippen molar-refractivity contribution in [3.05, 3.63) is 47.8 Å². The Bertz CT molecular complexity index is 894. The molecule has 7 nitrogen and oxygen atoms in total. The zero-order valence-electron chi connectivity index (χ0n) is 16.1. The minimum Gasteiger partial charge on any atom is -0.383 e. The molecule has 0 spiro atoms. The molecule has 146 valence electrons. The highest BCUT2D eigenvalue weighted by Crippen LogP contribution is 2.27. The Morgan fingerprint density at radius 2 is 1.89 bits per heavy atom. The fourth-order valence-corrected chi connectivity index (χ4v) is 3.28. The van der Waals surface area contributed by atoms with Crippen molar-refractivity contribution >= 4 is 27.3 Å². The largest absolute Gasteiger partial charge is 0.383 e. The van der Waals surface area contributed by atoms with Crippen molar-refractivity contribution in [2.45, 2.75) is 31.6 Å². The van der Waals surface area contributed by atoms with Gasteiger partial charge in [-0.1, -0.05) is 13.3 Å². The number of pyridine rings is 1. The molecule has 8 heteroatoms. The number of hydrogen-bond acceptors (Lipinski definition) is 5. The van der Waals surface area contributed by atoms with E-state index in [2.05, 4.69) is 22.5 Å². The lowest BCUT2D eigenvalue weighted by atomic mass is 10.2. The highest BCUT2D eigenvalue weighted by Gasteiger charge is 2.20. The molecule has 0 atom stereocenters. The minimum absolute atomic E-state index is 0.117. The van der Waals surface area contributed by atoms with Crippen molar-refractivity contribution in [3.63, 3.8) is 0 Å². The number of amides is 1. The van der Waals surface area contributed by atoms with Gasteiger partial charge in [-0.3, -0.25) is 9.78 Å². The van der Waals surface area contributed by atoms with Crippen LogP contribution in [0.2, 0.25) is 0 Å². The van der Waals surface area contributed by atoms with Gasteiger partial charge in [-0.25, -0.2) is 12.7 Å². The van der Waals surface area contributed by atoms with E-state index >= 15 is 0 Å². The summed E-state index contributed by atoms with van der Waals surface area (Å²) in [5.74, 6) is -0.347. The van der Waals surface area contributed by atoms with Gasteiger partial charge in [0.15, 0.2) is 0 Å². The molecule has 0 saturated carbocycles. The fourth-order valence-electron chi connectivity index (χ4n) is 2.35. The van der Waals surface area contributed by atoms with Crippen molar-refractivity contribution in [2.75, 3.05) is 31.3 Å². The Labute approximate surface area is 160 Å². The van der Waals surface area contributed by atoms with Crippen LogP contribution in [-0.2, 0) is 10.0 Å². The second kappa shape index (κ2) is 8.96. The first-order valence-corrected chi connectivity index (χ1v) is 10.2. The van der Waals surface area contributed by atoms with E-state index in [9.17, 15) is 13.2 Å². The summed E-state index contributed by atoms with van der Waals surface area (Å²) in [6.07, 6.45) is 3.49. The summed E-state index contributed by atoms with van der Waals surface area (Å²) in [6, 6.07) is 8.12. The van der Waals surface area contributed by atoms with Crippen molar-refractivity contribution in [2.24, 2.45) is 0 Å². The number of anilines is 2. The number of hydrogen-bond donors (Lipinski definition) is 2. The summed E-state index contributed by atoms with van der Waals surface area (Å²) in [5, 5.41) is 6.05. The smallest absolute Gasteiger partial charge is 0.257 e. The molecule has 0 bridgehead atoms. The van der Waals surface area contributed by atoms with Crippen molar-refractivity contribution in [1.29, 1.82) is 0 Å². The molecule has 1 aromatic carbocycles. The maximum absolute atomic E-state index is 12.6. The summed E-state index contributed by atoms with van der Waals surface area (Å²) in [6.45, 7) is 4.65. The van der Waals surface area contributed by atoms with Crippen LogP contribution in [0.3, 0.4) is 0 Å². The third-order valence-corrected chi connectivity index (χ3v) is 5.85. The van der Waals surface area contributed by atoms with Gasteiger partial charge in [0.25, 0.3) is 5.91 Å². The average Bonchev–Trinajstić information content (AvgIpc) is 2.63. The summed E-state index contributed by atoms with van der Waals surface area (Å²) in [5.41, 5.74) is 2.31. The molecular weight excluding hydrogens is 364 g/mol. The third-order valence-electron chi connectivity index (χ3n) is 4.04. The standard InChI is InChI=1S/C19H26N4O3S/c1-5-6-11-20-17-10-9-16(27(25,26)23(3)4)12-18(17)22-19(24)15-8-7-14(2)21-13-15/h7-10,12-13,20H,5-6,11H2,1-4H3,(H,22,24). The lowest BCUT2D eigenvalue weighted by Gasteiger charge is -2.17. The van der Waals surface area contributed by atoms with Crippen molar-refractivity contribution < 1.29 is 13.2 Å². The summed E-state index contributed by atoms with van der Waals surface area (Å²) in [7, 11) is -0.663. The molecule has 0 aliphatic rings. The molecule has 0 aliphatic carbocycles. The quantitative estimate of drug-likeness (QED) is 0.676. The zero-order valence-corrected chi connectivity index (χ0v) is 16.9. The average molecular weight is 391 g/mol. The van der Waals surface area contributed by atoms with Crippen molar-refractivity contribution in [3.8, 4) is 0 Å². The van der Waals surface area contributed by atoms with Crippen LogP contribution in [0.25, 0.3) is 0 Å². The Kier molecular flexibility index (Phi) is 6.92. The molecule has 0 fully saturated rings. The molecule has 0 aliphatic heterocycles. The lowest BCUT2D eigenvalue weighted by molar-refractivity contribution is 0.102. The molecule has 2 aromatic rings. The van der Waals surface area contributed by atoms with Crippen LogP contribution in [0.15, 0.2) is 41.4 Å². The van der Waals surface area contributed by atoms with Crippen LogP contribution < -0.4 is 10.6 Å². The van der Waals surface area contributed by atoms with Crippen LogP contribution in [0.4, 0.5) is 11.4 Å². The van der Waals surface area contributed by atoms with Gasteiger partial charge in [-0.15, -0.1) is 0 Å². The number of rotatable bonds is 8. The highest BCUT2D eigenvalue weighted by atomic mass is 32.2. The molecule has 27 heavy (non-hydrogen) atoms. The second-order valence-electron chi connectivity index (χ2n) is 6.42. The molecule has 0 unspecified atom stereocenters. The van der Waals surface area contributed by atoms with Crippen LogP contribution in [0.5, 0.6) is 0 Å². The van der Waals surface area contributed by atoms with E-state index in [0.29, 0.717) is 16.9 Å². The van der Waals surface area contributed by atoms with Gasteiger partial charge < -0.3 is 10.6 Å². The number of nitrogens with one attached hydrogen (secondary N) is 2. The topological polar surface area (TPSA) is 91.4 Å². The fraction of sp³-hybridized carbons (Fsp3) is 0.368. The molecule has 0 radical (unpaired) electrons. The predicted octanol–water partition coefficient (Wildman–Crippen LogP) is 3.10. The molecule has 1 heterocycles. The van der Waals surface area contributed by atoms with Crippen LogP contribution in [0, 0.1) is 6.92 Å². The number of aryl methyl sites for hydroxylation is 1. The summed E-state index contributed by atoms with van der Waals surface area (Å²) in [4.78, 5) is 16.8. The normalized spacial score (nSPS) is 11.4. The molecule has 1 amide bonds. The van der Waals surface area contributed by atoms with E-state index in [-0.39, 0.29) is 10.8 Å². The monoisotopic (exact) mass is 390 g/mol. The van der Waals surface area contributed by atoms with Gasteiger partial charge in [0, 0.05) is 32.5 Å². The Morgan fingerprint density at radius 3 is 2.48 bits per heavy atom. The number of sulfonamides is 1. The number of nitrogens with zero attached hydrogens (tertiary/aromatic N) is 2. The van der Waals surface area contributed by atoms with E-state index < -0.39 is 10.0 Å². The van der Waals surface area contributed by atoms with Crippen LogP contribution >= 0.6 is 0 Å². The SMILES string of the molecule is CCCCNc1ccc(S(=O)(=O)N(C)C)cc1NC(=O)c1ccc(C)nc1. The van der Waals surface area contributed by atoms with E-state index in [1.807, 2.05) is 6.92 Å². The summed E-state index contributed by atoms with van der Waals surface area (Å²) < 4.78 is 26.0. The number of carbonyl (C=O) groups is 1. The predicted molar refractivity (Wildman–Crippen MR) is 108 cm³/mol. The lowest BCUT2D eigenvalue weighted by Crippen LogP contribution is -2.22.